The number of rotatable bonds is 14. The van der Waals surface area contributed by atoms with E-state index < -0.39 is 0 Å². The molecule has 0 spiro atoms. The first-order valence-electron chi connectivity index (χ1n) is 10.2. The summed E-state index contributed by atoms with van der Waals surface area (Å²) < 4.78 is 0. The predicted octanol–water partition coefficient (Wildman–Crippen LogP) is 8.05. The first-order chi connectivity index (χ1) is 11.2. The molecule has 0 amide bonds. The van der Waals surface area contributed by atoms with Gasteiger partial charge >= 0.3 is 0 Å². The second-order valence-corrected chi connectivity index (χ2v) is 8.48. The standard InChI is InChI=1S/C22H40S/c1-5-7-9-11-13-19(3)15-21-17-23-18-22(21)16-20(4)14-12-10-8-6-2/h17-20H,5-16H2,1-4H3. The Hall–Kier alpha value is -0.300. The van der Waals surface area contributed by atoms with E-state index in [0.717, 1.165) is 11.8 Å². The Morgan fingerprint density at radius 1 is 0.696 bits per heavy atom. The third-order valence-corrected chi connectivity index (χ3v) is 5.91. The maximum Gasteiger partial charge on any atom is -0.00583 e. The minimum atomic E-state index is 0.847. The van der Waals surface area contributed by atoms with Crippen LogP contribution in [0.1, 0.15) is 103 Å². The molecule has 23 heavy (non-hydrogen) atoms. The zero-order valence-electron chi connectivity index (χ0n) is 16.2. The first kappa shape index (κ1) is 20.7. The van der Waals surface area contributed by atoms with Crippen molar-refractivity contribution in [2.75, 3.05) is 0 Å². The molecule has 0 aliphatic carbocycles. The van der Waals surface area contributed by atoms with Crippen molar-refractivity contribution in [2.45, 2.75) is 105 Å². The van der Waals surface area contributed by atoms with Gasteiger partial charge in [-0.1, -0.05) is 91.9 Å². The molecule has 0 nitrogen and oxygen atoms in total. The average Bonchev–Trinajstić information content (AvgIpc) is 2.95. The van der Waals surface area contributed by atoms with Crippen molar-refractivity contribution in [1.29, 1.82) is 0 Å². The van der Waals surface area contributed by atoms with Gasteiger partial charge in [0.25, 0.3) is 0 Å². The molecule has 0 bridgehead atoms. The van der Waals surface area contributed by atoms with Crippen LogP contribution in [0.2, 0.25) is 0 Å². The summed E-state index contributed by atoms with van der Waals surface area (Å²) >= 11 is 1.91. The van der Waals surface area contributed by atoms with E-state index in [4.69, 9.17) is 0 Å². The van der Waals surface area contributed by atoms with Crippen molar-refractivity contribution in [2.24, 2.45) is 11.8 Å². The van der Waals surface area contributed by atoms with E-state index in [0.29, 0.717) is 0 Å². The molecule has 2 atom stereocenters. The van der Waals surface area contributed by atoms with Crippen molar-refractivity contribution in [3.8, 4) is 0 Å². The second-order valence-electron chi connectivity index (χ2n) is 7.74. The summed E-state index contributed by atoms with van der Waals surface area (Å²) in [6, 6.07) is 0. The van der Waals surface area contributed by atoms with Crippen LogP contribution >= 0.6 is 11.3 Å². The Morgan fingerprint density at radius 2 is 1.13 bits per heavy atom. The summed E-state index contributed by atoms with van der Waals surface area (Å²) in [6.45, 7) is 9.48. The largest absolute Gasteiger partial charge is 0.152 e. The topological polar surface area (TPSA) is 0 Å². The first-order valence-corrected chi connectivity index (χ1v) is 11.2. The monoisotopic (exact) mass is 336 g/mol. The molecular formula is C22H40S. The van der Waals surface area contributed by atoms with Gasteiger partial charge in [-0.15, -0.1) is 0 Å². The van der Waals surface area contributed by atoms with Crippen LogP contribution in [0.3, 0.4) is 0 Å². The van der Waals surface area contributed by atoms with Gasteiger partial charge in [-0.3, -0.25) is 0 Å². The van der Waals surface area contributed by atoms with E-state index >= 15 is 0 Å². The molecule has 0 saturated carbocycles. The number of hydrogen-bond acceptors (Lipinski definition) is 1. The van der Waals surface area contributed by atoms with Crippen LogP contribution in [0.15, 0.2) is 10.8 Å². The minimum Gasteiger partial charge on any atom is -0.152 e. The third kappa shape index (κ3) is 9.55. The Labute approximate surface area is 150 Å². The van der Waals surface area contributed by atoms with Gasteiger partial charge in [0.15, 0.2) is 0 Å². The van der Waals surface area contributed by atoms with Gasteiger partial charge in [-0.05, 0) is 46.6 Å². The number of unbranched alkanes of at least 4 members (excludes halogenated alkanes) is 6. The zero-order valence-corrected chi connectivity index (χ0v) is 17.0. The number of hydrogen-bond donors (Lipinski definition) is 0. The van der Waals surface area contributed by atoms with Gasteiger partial charge in [0.2, 0.25) is 0 Å². The highest BCUT2D eigenvalue weighted by atomic mass is 32.1. The van der Waals surface area contributed by atoms with Crippen LogP contribution in [-0.4, -0.2) is 0 Å². The van der Waals surface area contributed by atoms with Crippen LogP contribution in [0.5, 0.6) is 0 Å². The highest BCUT2D eigenvalue weighted by molar-refractivity contribution is 7.08. The SMILES string of the molecule is CCCCCCC(C)Cc1cscc1CC(C)CCCCCC. The maximum absolute atomic E-state index is 2.45. The molecule has 0 aliphatic rings. The zero-order chi connectivity index (χ0) is 16.9. The normalized spacial score (nSPS) is 14.1. The molecule has 0 aliphatic heterocycles. The quantitative estimate of drug-likeness (QED) is 0.301. The molecule has 1 aromatic rings. The van der Waals surface area contributed by atoms with Gasteiger partial charge < -0.3 is 0 Å². The molecular weight excluding hydrogens is 296 g/mol. The Kier molecular flexibility index (Phi) is 11.8. The Balaban J connectivity index is 2.31. The Bertz CT molecular complexity index is 345. The average molecular weight is 337 g/mol. The van der Waals surface area contributed by atoms with E-state index in [9.17, 15) is 0 Å². The molecule has 1 aromatic heterocycles. The third-order valence-electron chi connectivity index (χ3n) is 5.07. The Morgan fingerprint density at radius 3 is 1.52 bits per heavy atom. The molecule has 0 saturated heterocycles. The minimum absolute atomic E-state index is 0.847. The summed E-state index contributed by atoms with van der Waals surface area (Å²) in [6.07, 6.45) is 16.6. The van der Waals surface area contributed by atoms with E-state index in [1.807, 2.05) is 11.3 Å². The molecule has 1 heterocycles. The van der Waals surface area contributed by atoms with Gasteiger partial charge in [-0.25, -0.2) is 0 Å². The summed E-state index contributed by atoms with van der Waals surface area (Å²) in [5.41, 5.74) is 3.30. The van der Waals surface area contributed by atoms with Gasteiger partial charge in [0, 0.05) is 0 Å². The van der Waals surface area contributed by atoms with Crippen molar-refractivity contribution in [1.82, 2.24) is 0 Å². The second kappa shape index (κ2) is 13.0. The molecule has 0 radical (unpaired) electrons. The summed E-state index contributed by atoms with van der Waals surface area (Å²) in [4.78, 5) is 0. The molecule has 2 unspecified atom stereocenters. The van der Waals surface area contributed by atoms with Crippen molar-refractivity contribution in [3.05, 3.63) is 21.9 Å². The fourth-order valence-electron chi connectivity index (χ4n) is 3.50. The van der Waals surface area contributed by atoms with E-state index in [1.165, 1.54) is 77.0 Å². The lowest BCUT2D eigenvalue weighted by Crippen LogP contribution is -2.05. The lowest BCUT2D eigenvalue weighted by Gasteiger charge is -2.15. The summed E-state index contributed by atoms with van der Waals surface area (Å²) in [5.74, 6) is 1.69. The van der Waals surface area contributed by atoms with Crippen molar-refractivity contribution in [3.63, 3.8) is 0 Å². The summed E-state index contributed by atoms with van der Waals surface area (Å²) in [5, 5.41) is 4.84. The fourth-order valence-corrected chi connectivity index (χ4v) is 4.39. The fraction of sp³-hybridized carbons (Fsp3) is 0.818. The lowest BCUT2D eigenvalue weighted by molar-refractivity contribution is 0.474. The van der Waals surface area contributed by atoms with Crippen molar-refractivity contribution < 1.29 is 0 Å². The van der Waals surface area contributed by atoms with E-state index in [-0.39, 0.29) is 0 Å². The van der Waals surface area contributed by atoms with Crippen LogP contribution in [-0.2, 0) is 12.8 Å². The summed E-state index contributed by atoms with van der Waals surface area (Å²) in [7, 11) is 0. The molecule has 1 heteroatoms. The van der Waals surface area contributed by atoms with Gasteiger partial charge in [0.1, 0.15) is 0 Å². The van der Waals surface area contributed by atoms with Crippen molar-refractivity contribution >= 4 is 11.3 Å². The lowest BCUT2D eigenvalue weighted by atomic mass is 9.90. The smallest absolute Gasteiger partial charge is 0.00583 e. The van der Waals surface area contributed by atoms with Crippen LogP contribution < -0.4 is 0 Å². The highest BCUT2D eigenvalue weighted by Crippen LogP contribution is 2.25. The highest BCUT2D eigenvalue weighted by Gasteiger charge is 2.12. The maximum atomic E-state index is 2.45. The molecule has 134 valence electrons. The predicted molar refractivity (Wildman–Crippen MR) is 108 cm³/mol. The van der Waals surface area contributed by atoms with Gasteiger partial charge in [0.05, 0.1) is 0 Å². The molecule has 1 rings (SSSR count). The van der Waals surface area contributed by atoms with Crippen LogP contribution in [0.4, 0.5) is 0 Å². The molecule has 0 aromatic carbocycles. The van der Waals surface area contributed by atoms with E-state index in [2.05, 4.69) is 38.5 Å². The van der Waals surface area contributed by atoms with Crippen LogP contribution in [0.25, 0.3) is 0 Å². The van der Waals surface area contributed by atoms with E-state index in [1.54, 1.807) is 11.1 Å². The van der Waals surface area contributed by atoms with Gasteiger partial charge in [-0.2, -0.15) is 11.3 Å². The molecule has 0 N–H and O–H groups in total. The molecule has 0 fully saturated rings. The van der Waals surface area contributed by atoms with Crippen LogP contribution in [0, 0.1) is 11.8 Å². The number of thiophene rings is 1.